The number of nitrogens with zero attached hydrogens (tertiary/aromatic N) is 7. The van der Waals surface area contributed by atoms with E-state index in [1.54, 1.807) is 37.6 Å². The zero-order valence-corrected chi connectivity index (χ0v) is 14.1. The Morgan fingerprint density at radius 1 is 1.33 bits per heavy atom. The van der Waals surface area contributed by atoms with E-state index in [0.717, 1.165) is 11.4 Å². The number of anilines is 3. The van der Waals surface area contributed by atoms with Gasteiger partial charge in [0.15, 0.2) is 5.82 Å². The Bertz CT molecular complexity index is 790. The van der Waals surface area contributed by atoms with Gasteiger partial charge in [-0.15, -0.1) is 0 Å². The van der Waals surface area contributed by atoms with E-state index in [0.29, 0.717) is 24.0 Å². The number of amides is 1. The van der Waals surface area contributed by atoms with Crippen molar-refractivity contribution in [3.05, 3.63) is 36.3 Å². The highest BCUT2D eigenvalue weighted by molar-refractivity contribution is 6.09. The van der Waals surface area contributed by atoms with Crippen LogP contribution in [0.25, 0.3) is 0 Å². The molecule has 0 saturated heterocycles. The highest BCUT2D eigenvalue weighted by Crippen LogP contribution is 2.30. The van der Waals surface area contributed by atoms with Crippen LogP contribution in [0, 0.1) is 0 Å². The normalized spacial score (nSPS) is 14.7. The zero-order chi connectivity index (χ0) is 17.3. The van der Waals surface area contributed by atoms with Crippen LogP contribution in [-0.4, -0.2) is 61.4 Å². The first kappa shape index (κ1) is 15.9. The Kier molecular flexibility index (Phi) is 4.11. The molecule has 1 aliphatic rings. The number of aromatic nitrogens is 3. The van der Waals surface area contributed by atoms with Crippen LogP contribution in [0.1, 0.15) is 5.56 Å². The molecule has 3 heterocycles. The van der Waals surface area contributed by atoms with Gasteiger partial charge in [-0.1, -0.05) is 0 Å². The van der Waals surface area contributed by atoms with Crippen molar-refractivity contribution in [1.29, 1.82) is 0 Å². The number of aliphatic imine (C=N–C) groups is 1. The number of hydrogen-bond donors (Lipinski definition) is 0. The molecule has 0 aliphatic carbocycles. The molecule has 1 aliphatic heterocycles. The third-order valence-corrected chi connectivity index (χ3v) is 3.96. The molecular weight excluding hydrogens is 306 g/mol. The highest BCUT2D eigenvalue weighted by Gasteiger charge is 2.27. The van der Waals surface area contributed by atoms with Crippen LogP contribution in [0.15, 0.2) is 35.7 Å². The maximum atomic E-state index is 11.9. The van der Waals surface area contributed by atoms with Crippen molar-refractivity contribution in [1.82, 2.24) is 15.0 Å². The molecule has 124 valence electrons. The van der Waals surface area contributed by atoms with Crippen molar-refractivity contribution in [3.8, 4) is 0 Å². The third-order valence-electron chi connectivity index (χ3n) is 3.96. The third kappa shape index (κ3) is 2.66. The topological polar surface area (TPSA) is 77.8 Å². The maximum absolute atomic E-state index is 11.9. The van der Waals surface area contributed by atoms with E-state index in [1.807, 2.05) is 36.0 Å². The summed E-state index contributed by atoms with van der Waals surface area (Å²) in [5.41, 5.74) is 1.58. The molecule has 0 unspecified atom stereocenters. The molecule has 0 saturated carbocycles. The van der Waals surface area contributed by atoms with Gasteiger partial charge in [0.1, 0.15) is 11.5 Å². The monoisotopic (exact) mass is 325 g/mol. The summed E-state index contributed by atoms with van der Waals surface area (Å²) in [5, 5.41) is 0. The van der Waals surface area contributed by atoms with Crippen molar-refractivity contribution in [2.45, 2.75) is 0 Å². The first-order chi connectivity index (χ1) is 11.5. The van der Waals surface area contributed by atoms with Crippen molar-refractivity contribution < 1.29 is 4.79 Å². The van der Waals surface area contributed by atoms with Gasteiger partial charge in [-0.3, -0.25) is 19.7 Å². The second-order valence-electron chi connectivity index (χ2n) is 5.54. The Hall–Kier alpha value is -3.03. The molecule has 8 heteroatoms. The van der Waals surface area contributed by atoms with Crippen molar-refractivity contribution in [3.63, 3.8) is 0 Å². The molecule has 1 amide bonds. The van der Waals surface area contributed by atoms with Crippen LogP contribution in [0.3, 0.4) is 0 Å². The van der Waals surface area contributed by atoms with Crippen LogP contribution >= 0.6 is 0 Å². The molecular formula is C16H19N7O. The lowest BCUT2D eigenvalue weighted by atomic mass is 10.2. The summed E-state index contributed by atoms with van der Waals surface area (Å²) in [6, 6.07) is 3.79. The van der Waals surface area contributed by atoms with Gasteiger partial charge in [0.25, 0.3) is 0 Å². The molecule has 2 aromatic rings. The molecule has 3 rings (SSSR count). The fourth-order valence-electron chi connectivity index (χ4n) is 2.62. The Morgan fingerprint density at radius 3 is 2.79 bits per heavy atom. The average molecular weight is 325 g/mol. The first-order valence-electron chi connectivity index (χ1n) is 7.48. The summed E-state index contributed by atoms with van der Waals surface area (Å²) >= 11 is 0. The summed E-state index contributed by atoms with van der Waals surface area (Å²) in [5.74, 6) is 1.95. The molecule has 2 aromatic heterocycles. The van der Waals surface area contributed by atoms with E-state index in [-0.39, 0.29) is 5.91 Å². The number of fused-ring (bicyclic) bond motifs is 1. The smallest absolute Gasteiger partial charge is 0.246 e. The van der Waals surface area contributed by atoms with Gasteiger partial charge < -0.3 is 9.80 Å². The van der Waals surface area contributed by atoms with Crippen molar-refractivity contribution in [2.75, 3.05) is 49.4 Å². The van der Waals surface area contributed by atoms with Crippen LogP contribution in [-0.2, 0) is 4.79 Å². The van der Waals surface area contributed by atoms with E-state index in [1.165, 1.54) is 0 Å². The van der Waals surface area contributed by atoms with Crippen molar-refractivity contribution in [2.24, 2.45) is 4.99 Å². The standard InChI is InChI=1S/C16H19N7O/c1-17-14(11-6-5-7-18-8-11)23(4)16-19-9-12-15(20-16)21(2)10-13(24)22(12)3/h5-9H,10H2,1-4H3. The Labute approximate surface area is 140 Å². The molecule has 0 atom stereocenters. The van der Waals surface area contributed by atoms with Gasteiger partial charge in [-0.05, 0) is 12.1 Å². The van der Waals surface area contributed by atoms with E-state index < -0.39 is 0 Å². The largest absolute Gasteiger partial charge is 0.348 e. The van der Waals surface area contributed by atoms with Gasteiger partial charge in [-0.25, -0.2) is 4.98 Å². The van der Waals surface area contributed by atoms with Crippen LogP contribution < -0.4 is 14.7 Å². The predicted molar refractivity (Wildman–Crippen MR) is 93.8 cm³/mol. The minimum Gasteiger partial charge on any atom is -0.348 e. The molecule has 0 aromatic carbocycles. The molecule has 0 radical (unpaired) electrons. The second kappa shape index (κ2) is 6.23. The molecule has 0 bridgehead atoms. The fourth-order valence-corrected chi connectivity index (χ4v) is 2.62. The lowest BCUT2D eigenvalue weighted by molar-refractivity contribution is -0.117. The minimum absolute atomic E-state index is 0.0147. The summed E-state index contributed by atoms with van der Waals surface area (Å²) in [6.07, 6.45) is 5.13. The fraction of sp³-hybridized carbons (Fsp3) is 0.312. The molecule has 0 N–H and O–H groups in total. The molecule has 8 nitrogen and oxygen atoms in total. The van der Waals surface area contributed by atoms with Gasteiger partial charge in [-0.2, -0.15) is 4.98 Å². The van der Waals surface area contributed by atoms with Crippen LogP contribution in [0.4, 0.5) is 17.5 Å². The summed E-state index contributed by atoms with van der Waals surface area (Å²) in [7, 11) is 7.15. The number of likely N-dealkylation sites (N-methyl/N-ethyl adjacent to an activating group) is 2. The Balaban J connectivity index is 1.98. The predicted octanol–water partition coefficient (Wildman–Crippen LogP) is 0.797. The zero-order valence-electron chi connectivity index (χ0n) is 14.1. The van der Waals surface area contributed by atoms with Gasteiger partial charge >= 0.3 is 0 Å². The van der Waals surface area contributed by atoms with E-state index in [2.05, 4.69) is 19.9 Å². The second-order valence-corrected chi connectivity index (χ2v) is 5.54. The number of rotatable bonds is 2. The van der Waals surface area contributed by atoms with Crippen LogP contribution in [0.2, 0.25) is 0 Å². The number of carbonyl (C=O) groups is 1. The number of pyridine rings is 1. The van der Waals surface area contributed by atoms with Gasteiger partial charge in [0, 0.05) is 46.1 Å². The van der Waals surface area contributed by atoms with Crippen molar-refractivity contribution >= 4 is 29.2 Å². The van der Waals surface area contributed by atoms with E-state index in [9.17, 15) is 4.79 Å². The number of hydrogen-bond acceptors (Lipinski definition) is 6. The summed E-state index contributed by atoms with van der Waals surface area (Å²) in [6.45, 7) is 0.293. The Morgan fingerprint density at radius 2 is 2.12 bits per heavy atom. The average Bonchev–Trinajstić information content (AvgIpc) is 2.61. The number of carbonyl (C=O) groups excluding carboxylic acids is 1. The quantitative estimate of drug-likeness (QED) is 0.600. The summed E-state index contributed by atoms with van der Waals surface area (Å²) in [4.78, 5) is 34.6. The van der Waals surface area contributed by atoms with Gasteiger partial charge in [0.2, 0.25) is 11.9 Å². The lowest BCUT2D eigenvalue weighted by Crippen LogP contribution is -2.43. The molecule has 0 spiro atoms. The van der Waals surface area contributed by atoms with Gasteiger partial charge in [0.05, 0.1) is 12.7 Å². The maximum Gasteiger partial charge on any atom is 0.246 e. The summed E-state index contributed by atoms with van der Waals surface area (Å²) < 4.78 is 0. The lowest BCUT2D eigenvalue weighted by Gasteiger charge is -2.32. The minimum atomic E-state index is 0.0147. The van der Waals surface area contributed by atoms with Crippen LogP contribution in [0.5, 0.6) is 0 Å². The SMILES string of the molecule is CN=C(c1cccnc1)N(C)c1ncc2c(n1)N(C)CC(=O)N2C. The van der Waals surface area contributed by atoms with E-state index in [4.69, 9.17) is 0 Å². The molecule has 24 heavy (non-hydrogen) atoms. The van der Waals surface area contributed by atoms with E-state index >= 15 is 0 Å². The first-order valence-corrected chi connectivity index (χ1v) is 7.48. The highest BCUT2D eigenvalue weighted by atomic mass is 16.2. The molecule has 0 fully saturated rings. The number of amidine groups is 1.